The molecule has 1 aromatic heterocycles. The minimum absolute atomic E-state index is 0.189. The number of hydrogen-bond donors (Lipinski definition) is 1. The Hall–Kier alpha value is -3.33. The molecular weight excluding hydrogens is 471 g/mol. The number of ether oxygens (including phenoxy) is 1. The molecule has 3 aromatic rings. The fourth-order valence-electron chi connectivity index (χ4n) is 4.12. The number of alkyl halides is 3. The molecule has 6 nitrogen and oxygen atoms in total. The standard InChI is InChI=1S/C27H32F3N3O3/c1-7-14-32(5)24(19-10-13-23(17(2)15-19)36-26(3,4)25(34)35)22-16-21(31-33(22)6)18-8-11-20(12-9-18)27(28,29)30/h8-13,15-16,24H,7,14H2,1-6H3,(H,34,35). The van der Waals surface area contributed by atoms with Gasteiger partial charge in [-0.2, -0.15) is 18.3 Å². The van der Waals surface area contributed by atoms with E-state index in [1.165, 1.54) is 26.0 Å². The summed E-state index contributed by atoms with van der Waals surface area (Å²) >= 11 is 0. The number of hydrogen-bond acceptors (Lipinski definition) is 4. The Bertz CT molecular complexity index is 1220. The zero-order valence-electron chi connectivity index (χ0n) is 21.3. The lowest BCUT2D eigenvalue weighted by molar-refractivity contribution is -0.152. The monoisotopic (exact) mass is 503 g/mol. The second kappa shape index (κ2) is 10.3. The number of rotatable bonds is 9. The Kier molecular flexibility index (Phi) is 7.83. The molecule has 0 aliphatic heterocycles. The number of halogens is 3. The highest BCUT2D eigenvalue weighted by Crippen LogP contribution is 2.35. The van der Waals surface area contributed by atoms with Crippen LogP contribution in [0.4, 0.5) is 13.2 Å². The first kappa shape index (κ1) is 27.3. The second-order valence-corrected chi connectivity index (χ2v) is 9.48. The predicted molar refractivity (Wildman–Crippen MR) is 132 cm³/mol. The maximum absolute atomic E-state index is 13.0. The number of aliphatic carboxylic acids is 1. The highest BCUT2D eigenvalue weighted by molar-refractivity contribution is 5.76. The summed E-state index contributed by atoms with van der Waals surface area (Å²) in [5, 5.41) is 14.0. The van der Waals surface area contributed by atoms with E-state index in [9.17, 15) is 23.1 Å². The predicted octanol–water partition coefficient (Wildman–Crippen LogP) is 6.09. The Morgan fingerprint density at radius 3 is 2.31 bits per heavy atom. The summed E-state index contributed by atoms with van der Waals surface area (Å²) in [5.74, 6) is -0.573. The van der Waals surface area contributed by atoms with Crippen molar-refractivity contribution < 1.29 is 27.8 Å². The summed E-state index contributed by atoms with van der Waals surface area (Å²) in [6.45, 7) is 7.75. The first-order chi connectivity index (χ1) is 16.7. The Morgan fingerprint density at radius 2 is 1.78 bits per heavy atom. The third kappa shape index (κ3) is 5.90. The SMILES string of the molecule is CCCN(C)C(c1ccc(OC(C)(C)C(=O)O)c(C)c1)c1cc(-c2ccc(C(F)(F)F)cc2)nn1C. The molecule has 2 aromatic carbocycles. The van der Waals surface area contributed by atoms with Crippen LogP contribution in [0.3, 0.4) is 0 Å². The molecule has 9 heteroatoms. The largest absolute Gasteiger partial charge is 0.478 e. The van der Waals surface area contributed by atoms with E-state index in [0.717, 1.165) is 41.9 Å². The van der Waals surface area contributed by atoms with Crippen molar-refractivity contribution in [2.75, 3.05) is 13.6 Å². The molecular formula is C27H32F3N3O3. The second-order valence-electron chi connectivity index (χ2n) is 9.48. The van der Waals surface area contributed by atoms with Crippen LogP contribution in [0.5, 0.6) is 5.75 Å². The molecule has 0 fully saturated rings. The van der Waals surface area contributed by atoms with E-state index in [4.69, 9.17) is 4.74 Å². The van der Waals surface area contributed by atoms with E-state index in [0.29, 0.717) is 17.0 Å². The van der Waals surface area contributed by atoms with E-state index in [-0.39, 0.29) is 6.04 Å². The molecule has 0 amide bonds. The van der Waals surface area contributed by atoms with Crippen LogP contribution in [0.1, 0.15) is 55.6 Å². The van der Waals surface area contributed by atoms with Crippen molar-refractivity contribution >= 4 is 5.97 Å². The van der Waals surface area contributed by atoms with Crippen LogP contribution in [0.15, 0.2) is 48.5 Å². The molecule has 0 bridgehead atoms. The van der Waals surface area contributed by atoms with Crippen molar-refractivity contribution in [2.24, 2.45) is 7.05 Å². The summed E-state index contributed by atoms with van der Waals surface area (Å²) in [4.78, 5) is 13.7. The first-order valence-electron chi connectivity index (χ1n) is 11.7. The van der Waals surface area contributed by atoms with Gasteiger partial charge in [-0.25, -0.2) is 4.79 Å². The first-order valence-corrected chi connectivity index (χ1v) is 11.7. The molecule has 1 heterocycles. The van der Waals surface area contributed by atoms with Crippen molar-refractivity contribution in [1.82, 2.24) is 14.7 Å². The number of aryl methyl sites for hydroxylation is 2. The average Bonchev–Trinajstić information content (AvgIpc) is 3.16. The van der Waals surface area contributed by atoms with Crippen LogP contribution in [-0.2, 0) is 18.0 Å². The molecule has 194 valence electrons. The van der Waals surface area contributed by atoms with Crippen LogP contribution in [0.25, 0.3) is 11.3 Å². The van der Waals surface area contributed by atoms with Gasteiger partial charge in [0.1, 0.15) is 5.75 Å². The molecule has 0 saturated carbocycles. The van der Waals surface area contributed by atoms with Gasteiger partial charge in [0.15, 0.2) is 5.60 Å². The van der Waals surface area contributed by atoms with E-state index in [1.54, 1.807) is 10.7 Å². The van der Waals surface area contributed by atoms with Gasteiger partial charge >= 0.3 is 12.1 Å². The molecule has 1 N–H and O–H groups in total. The minimum atomic E-state index is -4.39. The van der Waals surface area contributed by atoms with Crippen molar-refractivity contribution in [3.05, 3.63) is 70.9 Å². The molecule has 0 radical (unpaired) electrons. The van der Waals surface area contributed by atoms with Gasteiger partial charge in [0.2, 0.25) is 0 Å². The molecule has 1 atom stereocenters. The fraction of sp³-hybridized carbons (Fsp3) is 0.407. The van der Waals surface area contributed by atoms with Crippen molar-refractivity contribution in [3.63, 3.8) is 0 Å². The normalized spacial score (nSPS) is 13.2. The van der Waals surface area contributed by atoms with Crippen LogP contribution >= 0.6 is 0 Å². The third-order valence-electron chi connectivity index (χ3n) is 6.12. The molecule has 3 rings (SSSR count). The van der Waals surface area contributed by atoms with E-state index >= 15 is 0 Å². The summed E-state index contributed by atoms with van der Waals surface area (Å²) in [6, 6.07) is 12.3. The zero-order chi connectivity index (χ0) is 26.8. The lowest BCUT2D eigenvalue weighted by Gasteiger charge is -2.29. The number of carboxylic acid groups (broad SMARTS) is 1. The highest BCUT2D eigenvalue weighted by Gasteiger charge is 2.31. The van der Waals surface area contributed by atoms with Gasteiger partial charge in [0.25, 0.3) is 0 Å². The number of carboxylic acids is 1. The third-order valence-corrected chi connectivity index (χ3v) is 6.12. The zero-order valence-corrected chi connectivity index (χ0v) is 21.3. The van der Waals surface area contributed by atoms with Gasteiger partial charge < -0.3 is 9.84 Å². The van der Waals surface area contributed by atoms with E-state index in [1.807, 2.05) is 39.2 Å². The maximum Gasteiger partial charge on any atom is 0.416 e. The van der Waals surface area contributed by atoms with Crippen LogP contribution < -0.4 is 4.74 Å². The Morgan fingerprint density at radius 1 is 1.14 bits per heavy atom. The lowest BCUT2D eigenvalue weighted by atomic mass is 9.98. The molecule has 0 aliphatic rings. The van der Waals surface area contributed by atoms with Gasteiger partial charge in [-0.05, 0) is 76.2 Å². The van der Waals surface area contributed by atoms with Crippen LogP contribution in [0.2, 0.25) is 0 Å². The highest BCUT2D eigenvalue weighted by atomic mass is 19.4. The van der Waals surface area contributed by atoms with Crippen molar-refractivity contribution in [2.45, 2.75) is 51.9 Å². The number of carbonyl (C=O) groups is 1. The fourth-order valence-corrected chi connectivity index (χ4v) is 4.12. The smallest absolute Gasteiger partial charge is 0.416 e. The van der Waals surface area contributed by atoms with E-state index in [2.05, 4.69) is 16.9 Å². The van der Waals surface area contributed by atoms with E-state index < -0.39 is 23.3 Å². The van der Waals surface area contributed by atoms with Gasteiger partial charge in [-0.15, -0.1) is 0 Å². The van der Waals surface area contributed by atoms with Crippen LogP contribution in [0, 0.1) is 6.92 Å². The summed E-state index contributed by atoms with van der Waals surface area (Å²) < 4.78 is 46.4. The van der Waals surface area contributed by atoms with Crippen LogP contribution in [-0.4, -0.2) is 44.9 Å². The number of benzene rings is 2. The molecule has 0 aliphatic carbocycles. The minimum Gasteiger partial charge on any atom is -0.478 e. The average molecular weight is 504 g/mol. The summed E-state index contributed by atoms with van der Waals surface area (Å²) in [7, 11) is 3.82. The molecule has 0 saturated heterocycles. The quantitative estimate of drug-likeness (QED) is 0.383. The Labute approximate surface area is 209 Å². The maximum atomic E-state index is 13.0. The molecule has 36 heavy (non-hydrogen) atoms. The Balaban J connectivity index is 2.00. The summed E-state index contributed by atoms with van der Waals surface area (Å²) in [5.41, 5.74) is 1.73. The summed E-state index contributed by atoms with van der Waals surface area (Å²) in [6.07, 6.45) is -3.47. The topological polar surface area (TPSA) is 67.6 Å². The van der Waals surface area contributed by atoms with Crippen molar-refractivity contribution in [1.29, 1.82) is 0 Å². The van der Waals surface area contributed by atoms with Gasteiger partial charge in [0, 0.05) is 12.6 Å². The van der Waals surface area contributed by atoms with Gasteiger partial charge in [-0.1, -0.05) is 31.2 Å². The number of nitrogens with zero attached hydrogens (tertiary/aromatic N) is 3. The van der Waals surface area contributed by atoms with Gasteiger partial charge in [-0.3, -0.25) is 9.58 Å². The molecule has 0 spiro atoms. The number of aromatic nitrogens is 2. The molecule has 1 unspecified atom stereocenters. The lowest BCUT2D eigenvalue weighted by Crippen LogP contribution is -2.38. The van der Waals surface area contributed by atoms with Crippen molar-refractivity contribution in [3.8, 4) is 17.0 Å². The van der Waals surface area contributed by atoms with Gasteiger partial charge in [0.05, 0.1) is 23.0 Å².